The van der Waals surface area contributed by atoms with Gasteiger partial charge < -0.3 is 9.84 Å². The van der Waals surface area contributed by atoms with Gasteiger partial charge in [-0.25, -0.2) is 0 Å². The Morgan fingerprint density at radius 2 is 2.06 bits per heavy atom. The van der Waals surface area contributed by atoms with E-state index in [1.54, 1.807) is 0 Å². The molecule has 0 bridgehead atoms. The molecular weight excluding hydrogens is 212 g/mol. The standard InChI is InChI=1S/C15H20O2/c1-13(2)7-6-12-17-15-10-4-3-8-14(15)9-5-11-16/h3-4,8,10,13,16H,6-7,11-12H2,1-2H3. The first-order chi connectivity index (χ1) is 8.24. The van der Waals surface area contributed by atoms with Crippen LogP contribution >= 0.6 is 0 Å². The highest BCUT2D eigenvalue weighted by Gasteiger charge is 2.00. The van der Waals surface area contributed by atoms with Gasteiger partial charge >= 0.3 is 0 Å². The van der Waals surface area contributed by atoms with E-state index in [1.165, 1.54) is 6.42 Å². The highest BCUT2D eigenvalue weighted by Crippen LogP contribution is 2.17. The lowest BCUT2D eigenvalue weighted by Gasteiger charge is -2.09. The van der Waals surface area contributed by atoms with E-state index < -0.39 is 0 Å². The molecule has 17 heavy (non-hydrogen) atoms. The third kappa shape index (κ3) is 5.42. The Bertz CT molecular complexity index is 385. The van der Waals surface area contributed by atoms with Gasteiger partial charge in [0.25, 0.3) is 0 Å². The summed E-state index contributed by atoms with van der Waals surface area (Å²) < 4.78 is 5.70. The molecule has 1 N–H and O–H groups in total. The number of hydrogen-bond acceptors (Lipinski definition) is 2. The second-order valence-corrected chi connectivity index (χ2v) is 4.34. The first-order valence-electron chi connectivity index (χ1n) is 6.05. The van der Waals surface area contributed by atoms with E-state index in [0.29, 0.717) is 5.92 Å². The van der Waals surface area contributed by atoms with Crippen LogP contribution in [0.2, 0.25) is 0 Å². The van der Waals surface area contributed by atoms with Gasteiger partial charge in [-0.1, -0.05) is 37.8 Å². The average molecular weight is 232 g/mol. The van der Waals surface area contributed by atoms with Crippen molar-refractivity contribution < 1.29 is 9.84 Å². The molecule has 0 aromatic heterocycles. The zero-order chi connectivity index (χ0) is 12.5. The van der Waals surface area contributed by atoms with Crippen LogP contribution in [-0.4, -0.2) is 18.3 Å². The zero-order valence-electron chi connectivity index (χ0n) is 10.6. The number of hydrogen-bond donors (Lipinski definition) is 1. The Balaban J connectivity index is 2.52. The summed E-state index contributed by atoms with van der Waals surface area (Å²) in [5.74, 6) is 7.04. The molecule has 1 aromatic carbocycles. The van der Waals surface area contributed by atoms with Gasteiger partial charge in [0.1, 0.15) is 12.4 Å². The van der Waals surface area contributed by atoms with E-state index in [2.05, 4.69) is 25.7 Å². The largest absolute Gasteiger partial charge is 0.492 e. The summed E-state index contributed by atoms with van der Waals surface area (Å²) in [6, 6.07) is 7.67. The van der Waals surface area contributed by atoms with E-state index in [4.69, 9.17) is 9.84 Å². The van der Waals surface area contributed by atoms with Crippen molar-refractivity contribution in [3.05, 3.63) is 29.8 Å². The molecule has 1 aromatic rings. The molecule has 0 heterocycles. The van der Waals surface area contributed by atoms with E-state index in [0.717, 1.165) is 24.3 Å². The first kappa shape index (κ1) is 13.6. The summed E-state index contributed by atoms with van der Waals surface area (Å²) in [5, 5.41) is 8.68. The second-order valence-electron chi connectivity index (χ2n) is 4.34. The van der Waals surface area contributed by atoms with Gasteiger partial charge in [0.2, 0.25) is 0 Å². The van der Waals surface area contributed by atoms with Crippen molar-refractivity contribution >= 4 is 0 Å². The fraction of sp³-hybridized carbons (Fsp3) is 0.467. The van der Waals surface area contributed by atoms with Crippen molar-refractivity contribution in [1.29, 1.82) is 0 Å². The number of rotatable bonds is 5. The minimum atomic E-state index is -0.123. The fourth-order valence-electron chi connectivity index (χ4n) is 1.50. The average Bonchev–Trinajstić information content (AvgIpc) is 2.33. The molecule has 0 fully saturated rings. The summed E-state index contributed by atoms with van der Waals surface area (Å²) in [6.07, 6.45) is 2.23. The minimum absolute atomic E-state index is 0.123. The lowest BCUT2D eigenvalue weighted by Crippen LogP contribution is -2.00. The van der Waals surface area contributed by atoms with Crippen molar-refractivity contribution in [3.63, 3.8) is 0 Å². The van der Waals surface area contributed by atoms with Gasteiger partial charge in [-0.3, -0.25) is 0 Å². The van der Waals surface area contributed by atoms with Gasteiger partial charge in [0.05, 0.1) is 12.2 Å². The highest BCUT2D eigenvalue weighted by molar-refractivity contribution is 5.45. The van der Waals surface area contributed by atoms with Crippen molar-refractivity contribution in [2.45, 2.75) is 26.7 Å². The number of benzene rings is 1. The summed E-state index contributed by atoms with van der Waals surface area (Å²) >= 11 is 0. The molecule has 0 aliphatic heterocycles. The van der Waals surface area contributed by atoms with Crippen LogP contribution in [0, 0.1) is 17.8 Å². The normalized spacial score (nSPS) is 9.88. The van der Waals surface area contributed by atoms with Gasteiger partial charge in [0.15, 0.2) is 0 Å². The number of para-hydroxylation sites is 1. The molecule has 0 radical (unpaired) electrons. The predicted molar refractivity (Wildman–Crippen MR) is 70.0 cm³/mol. The maximum Gasteiger partial charge on any atom is 0.134 e. The van der Waals surface area contributed by atoms with Crippen LogP contribution in [0.1, 0.15) is 32.3 Å². The van der Waals surface area contributed by atoms with Gasteiger partial charge in [-0.15, -0.1) is 0 Å². The van der Waals surface area contributed by atoms with Crippen molar-refractivity contribution in [3.8, 4) is 17.6 Å². The van der Waals surface area contributed by atoms with Crippen molar-refractivity contribution in [2.75, 3.05) is 13.2 Å². The van der Waals surface area contributed by atoms with Crippen molar-refractivity contribution in [2.24, 2.45) is 5.92 Å². The van der Waals surface area contributed by atoms with Crippen LogP contribution in [0.15, 0.2) is 24.3 Å². The molecule has 0 atom stereocenters. The van der Waals surface area contributed by atoms with E-state index in [1.807, 2.05) is 24.3 Å². The van der Waals surface area contributed by atoms with Crippen LogP contribution in [0.25, 0.3) is 0 Å². The van der Waals surface area contributed by atoms with Crippen LogP contribution in [0.5, 0.6) is 5.75 Å². The van der Waals surface area contributed by atoms with E-state index >= 15 is 0 Å². The first-order valence-corrected chi connectivity index (χ1v) is 6.05. The Labute approximate surface area is 104 Å². The van der Waals surface area contributed by atoms with Gasteiger partial charge in [-0.05, 0) is 30.9 Å². The molecule has 1 rings (SSSR count). The molecule has 0 spiro atoms. The summed E-state index contributed by atoms with van der Waals surface area (Å²) in [5.41, 5.74) is 0.839. The summed E-state index contributed by atoms with van der Waals surface area (Å²) in [4.78, 5) is 0. The number of ether oxygens (including phenoxy) is 1. The van der Waals surface area contributed by atoms with E-state index in [-0.39, 0.29) is 6.61 Å². The highest BCUT2D eigenvalue weighted by atomic mass is 16.5. The Morgan fingerprint density at radius 3 is 2.76 bits per heavy atom. The van der Waals surface area contributed by atoms with Gasteiger partial charge in [-0.2, -0.15) is 0 Å². The van der Waals surface area contributed by atoms with E-state index in [9.17, 15) is 0 Å². The smallest absolute Gasteiger partial charge is 0.134 e. The molecule has 0 aliphatic carbocycles. The third-order valence-corrected chi connectivity index (χ3v) is 2.37. The minimum Gasteiger partial charge on any atom is -0.492 e. The third-order valence-electron chi connectivity index (χ3n) is 2.37. The van der Waals surface area contributed by atoms with Gasteiger partial charge in [0, 0.05) is 0 Å². The Hall–Kier alpha value is -1.46. The number of aliphatic hydroxyl groups is 1. The maximum absolute atomic E-state index is 8.68. The second kappa shape index (κ2) is 7.76. The van der Waals surface area contributed by atoms with Crippen LogP contribution in [0.3, 0.4) is 0 Å². The maximum atomic E-state index is 8.68. The predicted octanol–water partition coefficient (Wildman–Crippen LogP) is 2.85. The molecule has 0 unspecified atom stereocenters. The molecule has 2 nitrogen and oxygen atoms in total. The fourth-order valence-corrected chi connectivity index (χ4v) is 1.50. The lowest BCUT2D eigenvalue weighted by molar-refractivity contribution is 0.297. The summed E-state index contributed by atoms with van der Waals surface area (Å²) in [7, 11) is 0. The van der Waals surface area contributed by atoms with Crippen LogP contribution < -0.4 is 4.74 Å². The van der Waals surface area contributed by atoms with Crippen molar-refractivity contribution in [1.82, 2.24) is 0 Å². The topological polar surface area (TPSA) is 29.5 Å². The molecule has 0 aliphatic rings. The van der Waals surface area contributed by atoms with Crippen LogP contribution in [0.4, 0.5) is 0 Å². The molecule has 0 amide bonds. The quantitative estimate of drug-likeness (QED) is 0.625. The molecule has 2 heteroatoms. The SMILES string of the molecule is CC(C)CCCOc1ccccc1C#CCO. The number of aliphatic hydroxyl groups excluding tert-OH is 1. The molecule has 0 saturated heterocycles. The molecule has 92 valence electrons. The lowest BCUT2D eigenvalue weighted by atomic mass is 10.1. The summed E-state index contributed by atoms with van der Waals surface area (Å²) in [6.45, 7) is 5.01. The molecule has 0 saturated carbocycles. The zero-order valence-corrected chi connectivity index (χ0v) is 10.6. The van der Waals surface area contributed by atoms with Crippen LogP contribution in [-0.2, 0) is 0 Å². The monoisotopic (exact) mass is 232 g/mol. The Kier molecular flexibility index (Phi) is 6.21. The Morgan fingerprint density at radius 1 is 1.29 bits per heavy atom. The molecular formula is C15H20O2.